The molecule has 4 aromatic rings. The molecule has 4 aromatic carbocycles. The molecular weight excluding hydrogens is 566 g/mol. The van der Waals surface area contributed by atoms with Crippen molar-refractivity contribution in [1.82, 2.24) is 4.90 Å². The van der Waals surface area contributed by atoms with Gasteiger partial charge in [0.05, 0.1) is 31.9 Å². The van der Waals surface area contributed by atoms with Crippen LogP contribution in [-0.2, 0) is 19.8 Å². The number of nitrogens with zero attached hydrogens (tertiary/aromatic N) is 1. The Hall–Kier alpha value is -4.46. The standard InChI is InChI=1S/C38H41NO6/c1-37(2,3)45-36(42)39-24-29(34(33(40)25-39)27-20-22-28(23-21-27)35(41)43-4)26-44-38(30-14-8-5-9-15-30,31-16-10-6-11-17-31)32-18-12-7-13-19-32/h5-23,29,33-34,40H,24-26H2,1-4H3. The third-order valence-corrected chi connectivity index (χ3v) is 8.21. The topological polar surface area (TPSA) is 85.3 Å². The highest BCUT2D eigenvalue weighted by atomic mass is 16.6. The summed E-state index contributed by atoms with van der Waals surface area (Å²) in [5.41, 5.74) is 2.49. The molecule has 0 saturated carbocycles. The quantitative estimate of drug-likeness (QED) is 0.175. The number of esters is 1. The number of piperidine rings is 1. The van der Waals surface area contributed by atoms with Crippen LogP contribution in [0.15, 0.2) is 115 Å². The van der Waals surface area contributed by atoms with E-state index in [1.807, 2.05) is 87.5 Å². The molecule has 1 saturated heterocycles. The molecule has 45 heavy (non-hydrogen) atoms. The van der Waals surface area contributed by atoms with Gasteiger partial charge in [-0.3, -0.25) is 0 Å². The maximum atomic E-state index is 13.3. The molecule has 0 aromatic heterocycles. The van der Waals surface area contributed by atoms with Gasteiger partial charge in [0.25, 0.3) is 0 Å². The summed E-state index contributed by atoms with van der Waals surface area (Å²) in [4.78, 5) is 27.0. The zero-order valence-electron chi connectivity index (χ0n) is 26.3. The summed E-state index contributed by atoms with van der Waals surface area (Å²) in [6.07, 6.45) is -1.38. The number of benzene rings is 4. The van der Waals surface area contributed by atoms with Crippen molar-refractivity contribution < 1.29 is 28.9 Å². The van der Waals surface area contributed by atoms with Gasteiger partial charge in [0.1, 0.15) is 11.2 Å². The molecule has 1 fully saturated rings. The van der Waals surface area contributed by atoms with Gasteiger partial charge in [-0.1, -0.05) is 103 Å². The lowest BCUT2D eigenvalue weighted by Gasteiger charge is -2.44. The van der Waals surface area contributed by atoms with Crippen LogP contribution < -0.4 is 0 Å². The molecule has 1 aliphatic rings. The molecule has 5 rings (SSSR count). The van der Waals surface area contributed by atoms with Crippen LogP contribution in [0.25, 0.3) is 0 Å². The van der Waals surface area contributed by atoms with Crippen molar-refractivity contribution in [2.45, 2.75) is 44.0 Å². The highest BCUT2D eigenvalue weighted by Crippen LogP contribution is 2.43. The Labute approximate surface area is 265 Å². The first-order chi connectivity index (χ1) is 21.6. The minimum Gasteiger partial charge on any atom is -0.465 e. The number of aliphatic hydroxyl groups is 1. The maximum Gasteiger partial charge on any atom is 0.410 e. The van der Waals surface area contributed by atoms with Gasteiger partial charge >= 0.3 is 12.1 Å². The van der Waals surface area contributed by atoms with Crippen molar-refractivity contribution in [3.8, 4) is 0 Å². The second-order valence-electron chi connectivity index (χ2n) is 12.4. The van der Waals surface area contributed by atoms with Crippen molar-refractivity contribution in [1.29, 1.82) is 0 Å². The third kappa shape index (κ3) is 7.11. The molecule has 1 amide bonds. The van der Waals surface area contributed by atoms with Gasteiger partial charge in [-0.05, 0) is 55.2 Å². The van der Waals surface area contributed by atoms with Crippen LogP contribution in [0, 0.1) is 5.92 Å². The Morgan fingerprint density at radius 3 is 1.69 bits per heavy atom. The average molecular weight is 608 g/mol. The van der Waals surface area contributed by atoms with Gasteiger partial charge in [-0.25, -0.2) is 9.59 Å². The summed E-state index contributed by atoms with van der Waals surface area (Å²) in [6.45, 7) is 6.10. The zero-order chi connectivity index (χ0) is 32.0. The van der Waals surface area contributed by atoms with Crippen molar-refractivity contribution in [3.05, 3.63) is 143 Å². The predicted molar refractivity (Wildman–Crippen MR) is 173 cm³/mol. The van der Waals surface area contributed by atoms with E-state index >= 15 is 0 Å². The number of aliphatic hydroxyl groups excluding tert-OH is 1. The molecule has 3 unspecified atom stereocenters. The van der Waals surface area contributed by atoms with Gasteiger partial charge < -0.3 is 24.2 Å². The molecular formula is C38H41NO6. The molecule has 0 radical (unpaired) electrons. The summed E-state index contributed by atoms with van der Waals surface area (Å²) in [5.74, 6) is -1.13. The Morgan fingerprint density at radius 2 is 1.24 bits per heavy atom. The van der Waals surface area contributed by atoms with Crippen molar-refractivity contribution in [2.75, 3.05) is 26.8 Å². The first kappa shape index (κ1) is 31.9. The molecule has 234 valence electrons. The number of amides is 1. The summed E-state index contributed by atoms with van der Waals surface area (Å²) >= 11 is 0. The molecule has 1 N–H and O–H groups in total. The predicted octanol–water partition coefficient (Wildman–Crippen LogP) is 6.79. The van der Waals surface area contributed by atoms with Crippen LogP contribution in [0.2, 0.25) is 0 Å². The molecule has 0 bridgehead atoms. The van der Waals surface area contributed by atoms with Crippen LogP contribution in [-0.4, -0.2) is 60.6 Å². The monoisotopic (exact) mass is 607 g/mol. The molecule has 0 spiro atoms. The first-order valence-electron chi connectivity index (χ1n) is 15.3. The average Bonchev–Trinajstić information content (AvgIpc) is 3.05. The normalized spacial score (nSPS) is 18.7. The number of β-amino-alcohol motifs (C(OH)–C–C–N with tert-alkyl or cyclic N) is 1. The van der Waals surface area contributed by atoms with Crippen LogP contribution in [0.4, 0.5) is 4.79 Å². The van der Waals surface area contributed by atoms with Gasteiger partial charge in [0.15, 0.2) is 0 Å². The van der Waals surface area contributed by atoms with Gasteiger partial charge in [0, 0.05) is 18.4 Å². The lowest BCUT2D eigenvalue weighted by atomic mass is 9.77. The van der Waals surface area contributed by atoms with E-state index in [0.29, 0.717) is 12.1 Å². The van der Waals surface area contributed by atoms with Gasteiger partial charge in [-0.2, -0.15) is 0 Å². The molecule has 1 aliphatic heterocycles. The summed E-state index contributed by atoms with van der Waals surface area (Å²) < 4.78 is 17.8. The van der Waals surface area contributed by atoms with E-state index in [1.54, 1.807) is 17.0 Å². The number of ether oxygens (including phenoxy) is 3. The minimum atomic E-state index is -0.970. The van der Waals surface area contributed by atoms with Crippen LogP contribution in [0.3, 0.4) is 0 Å². The maximum absolute atomic E-state index is 13.3. The fraction of sp³-hybridized carbons (Fsp3) is 0.316. The van der Waals surface area contributed by atoms with E-state index in [4.69, 9.17) is 14.2 Å². The molecule has 1 heterocycles. The Bertz CT molecular complexity index is 1450. The van der Waals surface area contributed by atoms with E-state index in [2.05, 4.69) is 36.4 Å². The summed E-state index contributed by atoms with van der Waals surface area (Å²) in [6, 6.07) is 37.4. The number of methoxy groups -OCH3 is 1. The van der Waals surface area contributed by atoms with Gasteiger partial charge in [0.2, 0.25) is 0 Å². The number of likely N-dealkylation sites (tertiary alicyclic amines) is 1. The number of hydrogen-bond donors (Lipinski definition) is 1. The fourth-order valence-electron chi connectivity index (χ4n) is 6.21. The second-order valence-corrected chi connectivity index (χ2v) is 12.4. The van der Waals surface area contributed by atoms with Crippen molar-refractivity contribution in [3.63, 3.8) is 0 Å². The van der Waals surface area contributed by atoms with E-state index in [9.17, 15) is 14.7 Å². The van der Waals surface area contributed by atoms with Crippen molar-refractivity contribution >= 4 is 12.1 Å². The second kappa shape index (κ2) is 13.7. The largest absolute Gasteiger partial charge is 0.465 e. The van der Waals surface area contributed by atoms with E-state index < -0.39 is 29.4 Å². The van der Waals surface area contributed by atoms with E-state index in [1.165, 1.54) is 7.11 Å². The Kier molecular flexibility index (Phi) is 9.71. The minimum absolute atomic E-state index is 0.107. The summed E-state index contributed by atoms with van der Waals surface area (Å²) in [5, 5.41) is 11.6. The highest BCUT2D eigenvalue weighted by Gasteiger charge is 2.43. The van der Waals surface area contributed by atoms with Gasteiger partial charge in [-0.15, -0.1) is 0 Å². The van der Waals surface area contributed by atoms with E-state index in [0.717, 1.165) is 22.3 Å². The summed E-state index contributed by atoms with van der Waals surface area (Å²) in [7, 11) is 1.35. The van der Waals surface area contributed by atoms with Crippen molar-refractivity contribution in [2.24, 2.45) is 5.92 Å². The third-order valence-electron chi connectivity index (χ3n) is 8.21. The van der Waals surface area contributed by atoms with Crippen LogP contribution in [0.5, 0.6) is 0 Å². The molecule has 0 aliphatic carbocycles. The SMILES string of the molecule is COC(=O)c1ccc(C2C(O)CN(C(=O)OC(C)(C)C)CC2COC(c2ccccc2)(c2ccccc2)c2ccccc2)cc1. The van der Waals surface area contributed by atoms with Crippen LogP contribution in [0.1, 0.15) is 59.3 Å². The molecule has 3 atom stereocenters. The van der Waals surface area contributed by atoms with E-state index in [-0.39, 0.29) is 25.0 Å². The molecule has 7 heteroatoms. The number of carbonyl (C=O) groups excluding carboxylic acids is 2. The number of hydrogen-bond acceptors (Lipinski definition) is 6. The lowest BCUT2D eigenvalue weighted by molar-refractivity contribution is -0.0596. The van der Waals surface area contributed by atoms with Crippen LogP contribution >= 0.6 is 0 Å². The fourth-order valence-corrected chi connectivity index (χ4v) is 6.21. The number of carbonyl (C=O) groups is 2. The number of rotatable bonds is 8. The molecule has 7 nitrogen and oxygen atoms in total. The lowest BCUT2D eigenvalue weighted by Crippen LogP contribution is -2.53. The Balaban J connectivity index is 1.57. The zero-order valence-corrected chi connectivity index (χ0v) is 26.3. The highest BCUT2D eigenvalue weighted by molar-refractivity contribution is 5.89. The smallest absolute Gasteiger partial charge is 0.410 e. The Morgan fingerprint density at radius 1 is 0.756 bits per heavy atom. The first-order valence-corrected chi connectivity index (χ1v) is 15.3.